The molecular formula is C21H17N5O2. The van der Waals surface area contributed by atoms with Gasteiger partial charge in [-0.25, -0.2) is 4.98 Å². The lowest BCUT2D eigenvalue weighted by Crippen LogP contribution is -2.04. The Morgan fingerprint density at radius 3 is 2.54 bits per heavy atom. The Bertz CT molecular complexity index is 1250. The largest absolute Gasteiger partial charge is 0.411 e. The van der Waals surface area contributed by atoms with Gasteiger partial charge in [0.15, 0.2) is 5.58 Å². The molecule has 0 aliphatic carbocycles. The van der Waals surface area contributed by atoms with Crippen molar-refractivity contribution in [3.05, 3.63) is 72.3 Å². The van der Waals surface area contributed by atoms with Crippen molar-refractivity contribution in [2.24, 2.45) is 0 Å². The van der Waals surface area contributed by atoms with Gasteiger partial charge in [0, 0.05) is 5.69 Å². The van der Waals surface area contributed by atoms with Gasteiger partial charge in [0.05, 0.1) is 17.6 Å². The summed E-state index contributed by atoms with van der Waals surface area (Å²) in [5, 5.41) is 0. The standard InChI is InChI=1S/C21H17N5O2/c22-14-7-10-16-18(11-14)26(20(23)24-16)12-13-5-8-15(9-6-13)27-21-25-17-3-1-2-4-19(17)28-21/h1-11H,12,22H2,(H2,23,24). The average Bonchev–Trinajstić information content (AvgIpc) is 3.23. The van der Waals surface area contributed by atoms with E-state index >= 15 is 0 Å². The number of anilines is 2. The van der Waals surface area contributed by atoms with E-state index in [4.69, 9.17) is 20.6 Å². The molecule has 4 N–H and O–H groups in total. The van der Waals surface area contributed by atoms with Gasteiger partial charge in [0.2, 0.25) is 5.95 Å². The summed E-state index contributed by atoms with van der Waals surface area (Å²) in [6.07, 6.45) is 0.217. The molecule has 138 valence electrons. The first-order valence-corrected chi connectivity index (χ1v) is 8.79. The topological polar surface area (TPSA) is 105 Å². The number of fused-ring (bicyclic) bond motifs is 2. The molecule has 0 aliphatic rings. The Kier molecular flexibility index (Phi) is 3.65. The average molecular weight is 371 g/mol. The molecule has 0 fully saturated rings. The molecule has 2 aromatic heterocycles. The number of ether oxygens (including phenoxy) is 1. The third-order valence-electron chi connectivity index (χ3n) is 4.55. The quantitative estimate of drug-likeness (QED) is 0.459. The van der Waals surface area contributed by atoms with Crippen LogP contribution < -0.4 is 16.2 Å². The first-order chi connectivity index (χ1) is 13.7. The monoisotopic (exact) mass is 371 g/mol. The van der Waals surface area contributed by atoms with Crippen LogP contribution in [0.3, 0.4) is 0 Å². The van der Waals surface area contributed by atoms with Crippen LogP contribution in [-0.2, 0) is 6.54 Å². The highest BCUT2D eigenvalue weighted by Gasteiger charge is 2.10. The number of imidazole rings is 1. The second kappa shape index (κ2) is 6.31. The molecule has 28 heavy (non-hydrogen) atoms. The predicted octanol–water partition coefficient (Wildman–Crippen LogP) is 4.18. The van der Waals surface area contributed by atoms with Crippen LogP contribution in [-0.4, -0.2) is 14.5 Å². The fourth-order valence-corrected chi connectivity index (χ4v) is 3.17. The molecule has 0 bridgehead atoms. The summed E-state index contributed by atoms with van der Waals surface area (Å²) in [6, 6.07) is 20.8. The maximum Gasteiger partial charge on any atom is 0.400 e. The second-order valence-electron chi connectivity index (χ2n) is 6.50. The summed E-state index contributed by atoms with van der Waals surface area (Å²) >= 11 is 0. The number of oxazole rings is 1. The first kappa shape index (κ1) is 16.2. The van der Waals surface area contributed by atoms with Crippen molar-refractivity contribution >= 4 is 33.8 Å². The summed E-state index contributed by atoms with van der Waals surface area (Å²) in [5.74, 6) is 1.09. The molecule has 0 saturated carbocycles. The van der Waals surface area contributed by atoms with Crippen LogP contribution in [0.5, 0.6) is 11.8 Å². The van der Waals surface area contributed by atoms with Crippen LogP contribution in [0.25, 0.3) is 22.1 Å². The van der Waals surface area contributed by atoms with Crippen LogP contribution in [0.15, 0.2) is 71.1 Å². The predicted molar refractivity (Wildman–Crippen MR) is 108 cm³/mol. The van der Waals surface area contributed by atoms with E-state index in [1.807, 2.05) is 71.3 Å². The SMILES string of the molecule is Nc1ccc2nc(N)n(Cc3ccc(Oc4nc5ccccc5o4)cc3)c2c1. The highest BCUT2D eigenvalue weighted by molar-refractivity contribution is 5.81. The lowest BCUT2D eigenvalue weighted by molar-refractivity contribution is 0.343. The van der Waals surface area contributed by atoms with Crippen molar-refractivity contribution in [2.75, 3.05) is 11.5 Å². The third kappa shape index (κ3) is 2.88. The number of hydrogen-bond donors (Lipinski definition) is 2. The van der Waals surface area contributed by atoms with E-state index in [1.54, 1.807) is 0 Å². The minimum absolute atomic E-state index is 0.217. The van der Waals surface area contributed by atoms with Crippen molar-refractivity contribution in [3.63, 3.8) is 0 Å². The molecule has 0 unspecified atom stereocenters. The Morgan fingerprint density at radius 2 is 1.71 bits per heavy atom. The van der Waals surface area contributed by atoms with Crippen LogP contribution in [0.2, 0.25) is 0 Å². The molecule has 0 spiro atoms. The zero-order valence-corrected chi connectivity index (χ0v) is 14.9. The van der Waals surface area contributed by atoms with Gasteiger partial charge in [0.1, 0.15) is 11.3 Å². The van der Waals surface area contributed by atoms with Crippen molar-refractivity contribution in [1.29, 1.82) is 0 Å². The van der Waals surface area contributed by atoms with E-state index < -0.39 is 0 Å². The van der Waals surface area contributed by atoms with Crippen molar-refractivity contribution in [1.82, 2.24) is 14.5 Å². The molecule has 5 aromatic rings. The minimum Gasteiger partial charge on any atom is -0.411 e. The molecule has 5 rings (SSSR count). The van der Waals surface area contributed by atoms with Crippen LogP contribution in [0, 0.1) is 0 Å². The second-order valence-corrected chi connectivity index (χ2v) is 6.50. The number of rotatable bonds is 4. The molecular weight excluding hydrogens is 354 g/mol. The van der Waals surface area contributed by atoms with Crippen molar-refractivity contribution in [3.8, 4) is 11.8 Å². The molecule has 7 nitrogen and oxygen atoms in total. The number of aromatic nitrogens is 3. The van der Waals surface area contributed by atoms with E-state index in [9.17, 15) is 0 Å². The van der Waals surface area contributed by atoms with Crippen molar-refractivity contribution in [2.45, 2.75) is 6.54 Å². The summed E-state index contributed by atoms with van der Waals surface area (Å²) in [5.41, 5.74) is 16.9. The Morgan fingerprint density at radius 1 is 0.893 bits per heavy atom. The summed E-state index contributed by atoms with van der Waals surface area (Å²) in [4.78, 5) is 8.70. The fourth-order valence-electron chi connectivity index (χ4n) is 3.17. The molecule has 0 aliphatic heterocycles. The van der Waals surface area contributed by atoms with Gasteiger partial charge in [-0.1, -0.05) is 24.3 Å². The van der Waals surface area contributed by atoms with Crippen molar-refractivity contribution < 1.29 is 9.15 Å². The van der Waals surface area contributed by atoms with Gasteiger partial charge < -0.3 is 25.2 Å². The number of nitrogens with two attached hydrogens (primary N) is 2. The first-order valence-electron chi connectivity index (χ1n) is 8.79. The van der Waals surface area contributed by atoms with E-state index in [0.29, 0.717) is 29.5 Å². The van der Waals surface area contributed by atoms with Gasteiger partial charge in [-0.15, -0.1) is 0 Å². The Hall–Kier alpha value is -4.00. The molecule has 0 saturated heterocycles. The Balaban J connectivity index is 1.38. The number of benzene rings is 3. The van der Waals surface area contributed by atoms with Gasteiger partial charge in [-0.05, 0) is 48.0 Å². The van der Waals surface area contributed by atoms with E-state index in [-0.39, 0.29) is 6.08 Å². The molecule has 2 heterocycles. The molecule has 7 heteroatoms. The van der Waals surface area contributed by atoms with E-state index in [2.05, 4.69) is 9.97 Å². The zero-order chi connectivity index (χ0) is 19.1. The number of nitrogen functional groups attached to an aromatic ring is 2. The van der Waals surface area contributed by atoms with Gasteiger partial charge in [0.25, 0.3) is 0 Å². The number of para-hydroxylation sites is 2. The highest BCUT2D eigenvalue weighted by atomic mass is 16.6. The normalized spacial score (nSPS) is 11.3. The van der Waals surface area contributed by atoms with Gasteiger partial charge >= 0.3 is 6.08 Å². The molecule has 0 amide bonds. The Labute approximate surface area is 160 Å². The fraction of sp³-hybridized carbons (Fsp3) is 0.0476. The van der Waals surface area contributed by atoms with E-state index in [0.717, 1.165) is 22.1 Å². The zero-order valence-electron chi connectivity index (χ0n) is 14.9. The lowest BCUT2D eigenvalue weighted by atomic mass is 10.2. The molecule has 0 radical (unpaired) electrons. The van der Waals surface area contributed by atoms with Gasteiger partial charge in [-0.3, -0.25) is 0 Å². The lowest BCUT2D eigenvalue weighted by Gasteiger charge is -2.08. The van der Waals surface area contributed by atoms with Crippen LogP contribution in [0.1, 0.15) is 5.56 Å². The summed E-state index contributed by atoms with van der Waals surface area (Å²) in [7, 11) is 0. The smallest absolute Gasteiger partial charge is 0.400 e. The third-order valence-corrected chi connectivity index (χ3v) is 4.55. The molecule has 3 aromatic carbocycles. The molecule has 0 atom stereocenters. The highest BCUT2D eigenvalue weighted by Crippen LogP contribution is 2.26. The minimum atomic E-state index is 0.217. The van der Waals surface area contributed by atoms with Crippen LogP contribution >= 0.6 is 0 Å². The van der Waals surface area contributed by atoms with Crippen LogP contribution in [0.4, 0.5) is 11.6 Å². The van der Waals surface area contributed by atoms with E-state index in [1.165, 1.54) is 0 Å². The summed E-state index contributed by atoms with van der Waals surface area (Å²) < 4.78 is 13.2. The van der Waals surface area contributed by atoms with Gasteiger partial charge in [-0.2, -0.15) is 4.98 Å². The maximum atomic E-state index is 6.09. The number of nitrogens with zero attached hydrogens (tertiary/aromatic N) is 3. The summed E-state index contributed by atoms with van der Waals surface area (Å²) in [6.45, 7) is 0.578. The number of hydrogen-bond acceptors (Lipinski definition) is 6. The maximum absolute atomic E-state index is 6.09.